The van der Waals surface area contributed by atoms with Gasteiger partial charge in [-0.25, -0.2) is 9.59 Å². The van der Waals surface area contributed by atoms with Gasteiger partial charge in [-0.05, 0) is 13.3 Å². The van der Waals surface area contributed by atoms with Crippen LogP contribution in [0, 0.1) is 5.41 Å². The highest BCUT2D eigenvalue weighted by Gasteiger charge is 2.31. The van der Waals surface area contributed by atoms with E-state index in [0.717, 1.165) is 0 Å². The van der Waals surface area contributed by atoms with Crippen LogP contribution in [-0.2, 0) is 4.79 Å². The summed E-state index contributed by atoms with van der Waals surface area (Å²) in [6.07, 6.45) is 0.418. The first-order chi connectivity index (χ1) is 9.23. The predicted octanol–water partition coefficient (Wildman–Crippen LogP) is 0.0577. The number of carboxylic acids is 1. The van der Waals surface area contributed by atoms with E-state index in [-0.39, 0.29) is 19.1 Å². The van der Waals surface area contributed by atoms with E-state index >= 15 is 0 Å². The van der Waals surface area contributed by atoms with Crippen molar-refractivity contribution in [1.82, 2.24) is 20.9 Å². The number of hydrogen-bond donors (Lipinski definition) is 4. The summed E-state index contributed by atoms with van der Waals surface area (Å²) in [6, 6.07) is -0.693. The lowest BCUT2D eigenvalue weighted by Gasteiger charge is -2.23. The zero-order chi connectivity index (χ0) is 15.8. The number of amides is 4. The summed E-state index contributed by atoms with van der Waals surface area (Å²) < 4.78 is 0. The number of hydrogen-bond acceptors (Lipinski definition) is 3. The summed E-state index contributed by atoms with van der Waals surface area (Å²) in [5.74, 6) is -0.946. The fraction of sp³-hybridized carbons (Fsp3) is 0.750. The van der Waals surface area contributed by atoms with Gasteiger partial charge in [-0.1, -0.05) is 6.92 Å². The van der Waals surface area contributed by atoms with Crippen LogP contribution in [0.25, 0.3) is 0 Å². The Bertz CT molecular complexity index is 359. The largest absolute Gasteiger partial charge is 0.481 e. The second kappa shape index (κ2) is 8.23. The first kappa shape index (κ1) is 18.0. The van der Waals surface area contributed by atoms with E-state index in [1.807, 2.05) is 0 Å². The summed E-state index contributed by atoms with van der Waals surface area (Å²) >= 11 is 0. The molecule has 0 bridgehead atoms. The summed E-state index contributed by atoms with van der Waals surface area (Å²) in [5.41, 5.74) is -0.976. The van der Waals surface area contributed by atoms with E-state index in [1.54, 1.807) is 27.9 Å². The van der Waals surface area contributed by atoms with Crippen molar-refractivity contribution in [1.29, 1.82) is 0 Å². The second-order valence-corrected chi connectivity index (χ2v) is 4.96. The molecular formula is C12H24N4O4. The molecule has 0 aromatic heterocycles. The maximum Gasteiger partial charge on any atom is 0.316 e. The molecule has 4 amide bonds. The van der Waals surface area contributed by atoms with Crippen LogP contribution in [0.3, 0.4) is 0 Å². The average Bonchev–Trinajstić information content (AvgIpc) is 2.40. The van der Waals surface area contributed by atoms with E-state index in [9.17, 15) is 14.4 Å². The molecule has 20 heavy (non-hydrogen) atoms. The smallest absolute Gasteiger partial charge is 0.316 e. The van der Waals surface area contributed by atoms with Gasteiger partial charge in [0.1, 0.15) is 0 Å². The predicted molar refractivity (Wildman–Crippen MR) is 74.5 cm³/mol. The van der Waals surface area contributed by atoms with Crippen LogP contribution in [0.1, 0.15) is 20.3 Å². The molecule has 0 rings (SSSR count). The molecule has 0 aromatic rings. The fourth-order valence-corrected chi connectivity index (χ4v) is 1.19. The van der Waals surface area contributed by atoms with Crippen molar-refractivity contribution < 1.29 is 19.5 Å². The van der Waals surface area contributed by atoms with E-state index in [2.05, 4.69) is 16.0 Å². The fourth-order valence-electron chi connectivity index (χ4n) is 1.19. The SMILES string of the molecule is CCC(C)(CNC(=O)NCCNC(=O)N(C)C)C(=O)O. The quantitative estimate of drug-likeness (QED) is 0.496. The van der Waals surface area contributed by atoms with Crippen molar-refractivity contribution >= 4 is 18.0 Å². The Morgan fingerprint density at radius 1 is 1.10 bits per heavy atom. The third-order valence-corrected chi connectivity index (χ3v) is 3.03. The summed E-state index contributed by atoms with van der Waals surface area (Å²) in [5, 5.41) is 16.7. The Labute approximate surface area is 118 Å². The van der Waals surface area contributed by atoms with Crippen molar-refractivity contribution in [3.63, 3.8) is 0 Å². The zero-order valence-corrected chi connectivity index (χ0v) is 12.4. The maximum atomic E-state index is 11.5. The van der Waals surface area contributed by atoms with Gasteiger partial charge < -0.3 is 26.0 Å². The summed E-state index contributed by atoms with van der Waals surface area (Å²) in [6.45, 7) is 3.95. The van der Waals surface area contributed by atoms with Gasteiger partial charge in [-0.3, -0.25) is 4.79 Å². The molecule has 0 aliphatic rings. The minimum Gasteiger partial charge on any atom is -0.481 e. The number of urea groups is 2. The highest BCUT2D eigenvalue weighted by molar-refractivity contribution is 5.78. The molecule has 0 aromatic carbocycles. The van der Waals surface area contributed by atoms with Crippen LogP contribution in [0.2, 0.25) is 0 Å². The van der Waals surface area contributed by atoms with Crippen LogP contribution in [0.4, 0.5) is 9.59 Å². The third kappa shape index (κ3) is 6.26. The molecule has 0 saturated carbocycles. The van der Waals surface area contributed by atoms with Crippen LogP contribution in [0.15, 0.2) is 0 Å². The Morgan fingerprint density at radius 3 is 2.10 bits per heavy atom. The van der Waals surface area contributed by atoms with E-state index < -0.39 is 17.4 Å². The minimum atomic E-state index is -0.976. The minimum absolute atomic E-state index is 0.0503. The van der Waals surface area contributed by atoms with Gasteiger partial charge in [-0.2, -0.15) is 0 Å². The van der Waals surface area contributed by atoms with Crippen molar-refractivity contribution in [3.8, 4) is 0 Å². The average molecular weight is 288 g/mol. The Balaban J connectivity index is 3.90. The molecule has 0 spiro atoms. The van der Waals surface area contributed by atoms with Crippen molar-refractivity contribution in [2.75, 3.05) is 33.7 Å². The Kier molecular flexibility index (Phi) is 7.42. The molecule has 0 saturated heterocycles. The zero-order valence-electron chi connectivity index (χ0n) is 12.4. The van der Waals surface area contributed by atoms with Crippen molar-refractivity contribution in [2.24, 2.45) is 5.41 Å². The van der Waals surface area contributed by atoms with Gasteiger partial charge in [0.25, 0.3) is 0 Å². The molecule has 1 atom stereocenters. The number of carbonyl (C=O) groups is 3. The van der Waals surface area contributed by atoms with Gasteiger partial charge >= 0.3 is 18.0 Å². The molecule has 0 fully saturated rings. The molecule has 1 unspecified atom stereocenters. The van der Waals surface area contributed by atoms with Crippen molar-refractivity contribution in [3.05, 3.63) is 0 Å². The second-order valence-electron chi connectivity index (χ2n) is 4.96. The lowest BCUT2D eigenvalue weighted by molar-refractivity contribution is -0.147. The highest BCUT2D eigenvalue weighted by Crippen LogP contribution is 2.19. The van der Waals surface area contributed by atoms with Crippen molar-refractivity contribution in [2.45, 2.75) is 20.3 Å². The number of carboxylic acid groups (broad SMARTS) is 1. The topological polar surface area (TPSA) is 111 Å². The molecule has 116 valence electrons. The molecular weight excluding hydrogens is 264 g/mol. The lowest BCUT2D eigenvalue weighted by Crippen LogP contribution is -2.46. The number of aliphatic carboxylic acids is 1. The van der Waals surface area contributed by atoms with Gasteiger partial charge in [0, 0.05) is 33.7 Å². The Hall–Kier alpha value is -1.99. The van der Waals surface area contributed by atoms with Gasteiger partial charge in [0.15, 0.2) is 0 Å². The highest BCUT2D eigenvalue weighted by atomic mass is 16.4. The molecule has 0 heterocycles. The summed E-state index contributed by atoms with van der Waals surface area (Å²) in [7, 11) is 3.24. The normalized spacial score (nSPS) is 13.0. The third-order valence-electron chi connectivity index (χ3n) is 3.03. The van der Waals surface area contributed by atoms with Crippen LogP contribution < -0.4 is 16.0 Å². The maximum absolute atomic E-state index is 11.5. The number of nitrogens with zero attached hydrogens (tertiary/aromatic N) is 1. The van der Waals surface area contributed by atoms with E-state index in [4.69, 9.17) is 5.11 Å². The van der Waals surface area contributed by atoms with Crippen LogP contribution in [0.5, 0.6) is 0 Å². The monoisotopic (exact) mass is 288 g/mol. The molecule has 0 aliphatic carbocycles. The molecule has 8 heteroatoms. The van der Waals surface area contributed by atoms with E-state index in [0.29, 0.717) is 13.0 Å². The molecule has 0 aliphatic heterocycles. The first-order valence-electron chi connectivity index (χ1n) is 6.43. The van der Waals surface area contributed by atoms with Gasteiger partial charge in [-0.15, -0.1) is 0 Å². The van der Waals surface area contributed by atoms with Crippen LogP contribution in [-0.4, -0.2) is 61.8 Å². The van der Waals surface area contributed by atoms with Gasteiger partial charge in [0.2, 0.25) is 0 Å². The number of carbonyl (C=O) groups excluding carboxylic acids is 2. The van der Waals surface area contributed by atoms with Gasteiger partial charge in [0.05, 0.1) is 5.41 Å². The molecule has 0 radical (unpaired) electrons. The van der Waals surface area contributed by atoms with Crippen LogP contribution >= 0.6 is 0 Å². The molecule has 4 N–H and O–H groups in total. The standard InChI is InChI=1S/C12H24N4O4/c1-5-12(2,9(17)18)8-15-10(19)13-6-7-14-11(20)16(3)4/h5-8H2,1-4H3,(H,14,20)(H,17,18)(H2,13,15,19). The molecule has 8 nitrogen and oxygen atoms in total. The lowest BCUT2D eigenvalue weighted by atomic mass is 9.88. The first-order valence-corrected chi connectivity index (χ1v) is 6.43. The number of rotatable bonds is 7. The number of nitrogens with one attached hydrogen (secondary N) is 3. The van der Waals surface area contributed by atoms with E-state index in [1.165, 1.54) is 4.90 Å². The summed E-state index contributed by atoms with van der Waals surface area (Å²) in [4.78, 5) is 35.1. The Morgan fingerprint density at radius 2 is 1.65 bits per heavy atom.